The van der Waals surface area contributed by atoms with Gasteiger partial charge in [0.05, 0.1) is 11.0 Å². The highest BCUT2D eigenvalue weighted by Crippen LogP contribution is 2.33. The summed E-state index contributed by atoms with van der Waals surface area (Å²) in [4.78, 5) is 2.92. The molecule has 2 heterocycles. The van der Waals surface area contributed by atoms with Gasteiger partial charge in [-0.15, -0.1) is 11.3 Å². The Morgan fingerprint density at radius 3 is 2.85 bits per heavy atom. The number of rotatable bonds is 4. The average Bonchev–Trinajstić information content (AvgIpc) is 2.98. The lowest BCUT2D eigenvalue weighted by Gasteiger charge is -2.15. The molecule has 1 saturated heterocycles. The molecular weight excluding hydrogens is 290 g/mol. The van der Waals surface area contributed by atoms with Gasteiger partial charge >= 0.3 is 0 Å². The molecule has 3 nitrogen and oxygen atoms in total. The molecule has 0 radical (unpaired) electrons. The van der Waals surface area contributed by atoms with Crippen LogP contribution >= 0.6 is 11.3 Å². The molecule has 1 aliphatic carbocycles. The van der Waals surface area contributed by atoms with Crippen LogP contribution in [0.1, 0.15) is 54.0 Å². The van der Waals surface area contributed by atoms with E-state index in [1.165, 1.54) is 36.1 Å². The fourth-order valence-corrected chi connectivity index (χ4v) is 6.29. The van der Waals surface area contributed by atoms with Gasteiger partial charge in [0.2, 0.25) is 0 Å². The Morgan fingerprint density at radius 1 is 1.35 bits per heavy atom. The molecule has 2 atom stereocenters. The minimum Gasteiger partial charge on any atom is -0.308 e. The highest BCUT2D eigenvalue weighted by Gasteiger charge is 2.31. The third-order valence-electron chi connectivity index (χ3n) is 4.56. The van der Waals surface area contributed by atoms with E-state index < -0.39 is 9.84 Å². The maximum absolute atomic E-state index is 11.8. The van der Waals surface area contributed by atoms with Gasteiger partial charge in [0, 0.05) is 22.3 Å². The van der Waals surface area contributed by atoms with Crippen molar-refractivity contribution in [2.75, 3.05) is 12.3 Å². The second-order valence-electron chi connectivity index (χ2n) is 6.07. The molecule has 0 amide bonds. The van der Waals surface area contributed by atoms with Gasteiger partial charge in [0.25, 0.3) is 0 Å². The summed E-state index contributed by atoms with van der Waals surface area (Å²) in [6.45, 7) is 2.75. The largest absolute Gasteiger partial charge is 0.308 e. The van der Waals surface area contributed by atoms with Crippen molar-refractivity contribution in [3.8, 4) is 0 Å². The van der Waals surface area contributed by atoms with Gasteiger partial charge in [-0.2, -0.15) is 0 Å². The molecule has 3 rings (SSSR count). The molecule has 1 aromatic heterocycles. The Morgan fingerprint density at radius 2 is 2.15 bits per heavy atom. The lowest BCUT2D eigenvalue weighted by Crippen LogP contribution is -2.31. The van der Waals surface area contributed by atoms with Crippen LogP contribution in [0.4, 0.5) is 0 Å². The summed E-state index contributed by atoms with van der Waals surface area (Å²) in [6, 6.07) is 2.60. The number of hydrogen-bond acceptors (Lipinski definition) is 4. The van der Waals surface area contributed by atoms with E-state index in [-0.39, 0.29) is 11.3 Å². The van der Waals surface area contributed by atoms with Crippen LogP contribution in [0.15, 0.2) is 6.07 Å². The molecule has 1 fully saturated rings. The maximum Gasteiger partial charge on any atom is 0.154 e. The molecule has 1 N–H and O–H groups in total. The van der Waals surface area contributed by atoms with Crippen LogP contribution in [0, 0.1) is 0 Å². The van der Waals surface area contributed by atoms with Crippen LogP contribution in [0.5, 0.6) is 0 Å². The predicted octanol–water partition coefficient (Wildman–Crippen LogP) is 2.85. The van der Waals surface area contributed by atoms with Crippen LogP contribution in [0.3, 0.4) is 0 Å². The minimum atomic E-state index is -2.83. The van der Waals surface area contributed by atoms with Crippen molar-refractivity contribution in [3.63, 3.8) is 0 Å². The molecule has 0 bridgehead atoms. The second-order valence-corrected chi connectivity index (χ2v) is 9.63. The van der Waals surface area contributed by atoms with Crippen molar-refractivity contribution in [3.05, 3.63) is 21.4 Å². The van der Waals surface area contributed by atoms with Crippen molar-refractivity contribution in [1.82, 2.24) is 5.32 Å². The minimum absolute atomic E-state index is 0.167. The van der Waals surface area contributed by atoms with Crippen LogP contribution in [-0.4, -0.2) is 26.0 Å². The van der Waals surface area contributed by atoms with Crippen molar-refractivity contribution >= 4 is 21.2 Å². The summed E-state index contributed by atoms with van der Waals surface area (Å²) >= 11 is 1.91. The van der Waals surface area contributed by atoms with E-state index >= 15 is 0 Å². The topological polar surface area (TPSA) is 46.2 Å². The van der Waals surface area contributed by atoms with E-state index in [1.807, 2.05) is 11.3 Å². The zero-order valence-electron chi connectivity index (χ0n) is 12.0. The molecule has 112 valence electrons. The number of sulfone groups is 1. The fraction of sp³-hybridized carbons (Fsp3) is 0.733. The Balaban J connectivity index is 1.62. The molecule has 20 heavy (non-hydrogen) atoms. The van der Waals surface area contributed by atoms with Crippen LogP contribution in [-0.2, 0) is 22.7 Å². The predicted molar refractivity (Wildman–Crippen MR) is 84.2 cm³/mol. The third-order valence-corrected chi connectivity index (χ3v) is 8.25. The van der Waals surface area contributed by atoms with E-state index in [4.69, 9.17) is 0 Å². The first-order valence-electron chi connectivity index (χ1n) is 7.63. The van der Waals surface area contributed by atoms with Gasteiger partial charge in [0.1, 0.15) is 0 Å². The van der Waals surface area contributed by atoms with Gasteiger partial charge in [-0.1, -0.05) is 0 Å². The molecule has 5 heteroatoms. The first kappa shape index (κ1) is 14.5. The van der Waals surface area contributed by atoms with Gasteiger partial charge < -0.3 is 5.32 Å². The van der Waals surface area contributed by atoms with Gasteiger partial charge in [0.15, 0.2) is 9.84 Å². The Hall–Kier alpha value is -0.390. The molecule has 2 aliphatic rings. The van der Waals surface area contributed by atoms with Gasteiger partial charge in [-0.05, 0) is 57.1 Å². The highest BCUT2D eigenvalue weighted by molar-refractivity contribution is 7.92. The van der Waals surface area contributed by atoms with E-state index in [0.717, 1.165) is 12.8 Å². The van der Waals surface area contributed by atoms with E-state index in [2.05, 4.69) is 18.3 Å². The molecule has 2 unspecified atom stereocenters. The van der Waals surface area contributed by atoms with Crippen LogP contribution in [0.2, 0.25) is 0 Å². The molecular formula is C15H23NO2S2. The van der Waals surface area contributed by atoms with Crippen molar-refractivity contribution in [2.45, 2.75) is 56.7 Å². The Labute approximate surface area is 125 Å². The zero-order valence-corrected chi connectivity index (χ0v) is 13.7. The first-order chi connectivity index (χ1) is 9.56. The summed E-state index contributed by atoms with van der Waals surface area (Å²) in [5, 5.41) is 3.27. The van der Waals surface area contributed by atoms with E-state index in [0.29, 0.717) is 12.3 Å². The first-order valence-corrected chi connectivity index (χ1v) is 10.2. The van der Waals surface area contributed by atoms with Crippen molar-refractivity contribution < 1.29 is 8.42 Å². The number of aryl methyl sites for hydroxylation is 2. The molecule has 1 aromatic rings. The Bertz CT molecular complexity index is 553. The summed E-state index contributed by atoms with van der Waals surface area (Å²) < 4.78 is 23.7. The average molecular weight is 313 g/mol. The van der Waals surface area contributed by atoms with E-state index in [9.17, 15) is 8.42 Å². The summed E-state index contributed by atoms with van der Waals surface area (Å²) in [6.07, 6.45) is 6.72. The second kappa shape index (κ2) is 5.78. The SMILES string of the molecule is CC(NCC1CCCS1(=O)=O)c1cc2c(s1)CCCC2. The lowest BCUT2D eigenvalue weighted by molar-refractivity contribution is 0.542. The summed E-state index contributed by atoms with van der Waals surface area (Å²) in [5.74, 6) is 0.376. The van der Waals surface area contributed by atoms with Crippen molar-refractivity contribution in [2.24, 2.45) is 0 Å². The maximum atomic E-state index is 11.8. The van der Waals surface area contributed by atoms with Crippen LogP contribution in [0.25, 0.3) is 0 Å². The number of hydrogen-bond donors (Lipinski definition) is 1. The smallest absolute Gasteiger partial charge is 0.154 e. The lowest BCUT2D eigenvalue weighted by atomic mass is 9.99. The van der Waals surface area contributed by atoms with Crippen LogP contribution < -0.4 is 5.32 Å². The molecule has 1 aliphatic heterocycles. The van der Waals surface area contributed by atoms with E-state index in [1.54, 1.807) is 4.88 Å². The number of thiophene rings is 1. The van der Waals surface area contributed by atoms with Crippen molar-refractivity contribution in [1.29, 1.82) is 0 Å². The number of fused-ring (bicyclic) bond motifs is 1. The third kappa shape index (κ3) is 2.95. The normalized spacial score (nSPS) is 26.4. The fourth-order valence-electron chi connectivity index (χ4n) is 3.22. The standard InChI is InChI=1S/C15H23NO2S2/c1-11(16-10-13-6-4-8-20(13,17)18)15-9-12-5-2-3-7-14(12)19-15/h9,11,13,16H,2-8,10H2,1H3. The summed E-state index contributed by atoms with van der Waals surface area (Å²) in [7, 11) is -2.83. The monoisotopic (exact) mass is 313 g/mol. The molecule has 0 aromatic carbocycles. The molecule has 0 saturated carbocycles. The number of nitrogens with one attached hydrogen (secondary N) is 1. The summed E-state index contributed by atoms with van der Waals surface area (Å²) in [5.41, 5.74) is 1.53. The van der Waals surface area contributed by atoms with Gasteiger partial charge in [-0.3, -0.25) is 0 Å². The highest BCUT2D eigenvalue weighted by atomic mass is 32.2. The zero-order chi connectivity index (χ0) is 14.2. The van der Waals surface area contributed by atoms with Gasteiger partial charge in [-0.25, -0.2) is 8.42 Å². The molecule has 0 spiro atoms. The quantitative estimate of drug-likeness (QED) is 0.930. The Kier molecular flexibility index (Phi) is 4.20.